The van der Waals surface area contributed by atoms with Gasteiger partial charge in [0, 0.05) is 37.0 Å². The number of alkyl halides is 2. The van der Waals surface area contributed by atoms with Crippen LogP contribution in [0.3, 0.4) is 0 Å². The Hall–Kier alpha value is -1.70. The largest absolute Gasteiger partial charge is 0.382 e. The topological polar surface area (TPSA) is 59.4 Å². The summed E-state index contributed by atoms with van der Waals surface area (Å²) in [4.78, 5) is 10.5. The van der Waals surface area contributed by atoms with E-state index < -0.39 is 12.0 Å². The molecule has 0 bridgehead atoms. The van der Waals surface area contributed by atoms with Crippen LogP contribution in [0.1, 0.15) is 37.4 Å². The minimum atomic E-state index is -2.64. The van der Waals surface area contributed by atoms with E-state index in [4.69, 9.17) is 5.73 Å². The Labute approximate surface area is 146 Å². The van der Waals surface area contributed by atoms with E-state index in [9.17, 15) is 8.78 Å². The highest BCUT2D eigenvalue weighted by atomic mass is 79.9. The standard InChI is InChI=1S/C16H18BrF2N5/c1-9-4-5-16(18,19)11-3-2-10(8-24(9)11)15-22-13(17)12-14(20)21-6-7-23(12)15/h6-7,10-11H,1-5,8H2,(H2,20,21). The molecule has 2 aromatic rings. The van der Waals surface area contributed by atoms with Crippen LogP contribution in [0, 0.1) is 0 Å². The number of hydrogen-bond acceptors (Lipinski definition) is 4. The van der Waals surface area contributed by atoms with E-state index in [-0.39, 0.29) is 12.3 Å². The smallest absolute Gasteiger partial charge is 0.268 e. The van der Waals surface area contributed by atoms with Crippen molar-refractivity contribution < 1.29 is 8.78 Å². The van der Waals surface area contributed by atoms with E-state index in [2.05, 4.69) is 32.5 Å². The van der Waals surface area contributed by atoms with Crippen LogP contribution in [-0.2, 0) is 0 Å². The molecule has 2 unspecified atom stereocenters. The second-order valence-electron chi connectivity index (χ2n) is 6.56. The summed E-state index contributed by atoms with van der Waals surface area (Å²) in [7, 11) is 0. The van der Waals surface area contributed by atoms with Gasteiger partial charge in [-0.1, -0.05) is 6.58 Å². The summed E-state index contributed by atoms with van der Waals surface area (Å²) >= 11 is 3.43. The summed E-state index contributed by atoms with van der Waals surface area (Å²) in [5, 5.41) is 0. The molecule has 0 aliphatic carbocycles. The van der Waals surface area contributed by atoms with Gasteiger partial charge in [0.25, 0.3) is 5.92 Å². The molecular weight excluding hydrogens is 380 g/mol. The highest BCUT2D eigenvalue weighted by Crippen LogP contribution is 2.44. The molecule has 24 heavy (non-hydrogen) atoms. The molecule has 2 aliphatic heterocycles. The number of nitrogens with two attached hydrogens (primary N) is 1. The van der Waals surface area contributed by atoms with Crippen molar-refractivity contribution in [3.63, 3.8) is 0 Å². The lowest BCUT2D eigenvalue weighted by Gasteiger charge is -2.48. The second-order valence-corrected chi connectivity index (χ2v) is 7.31. The molecule has 2 aliphatic rings. The zero-order chi connectivity index (χ0) is 17.1. The van der Waals surface area contributed by atoms with Gasteiger partial charge < -0.3 is 10.6 Å². The van der Waals surface area contributed by atoms with Gasteiger partial charge in [0.2, 0.25) is 0 Å². The van der Waals surface area contributed by atoms with Crippen molar-refractivity contribution >= 4 is 27.3 Å². The third kappa shape index (κ3) is 2.30. The van der Waals surface area contributed by atoms with Crippen LogP contribution in [-0.4, -0.2) is 37.8 Å². The minimum absolute atomic E-state index is 0.0486. The number of nitrogen functional groups attached to an aromatic ring is 1. The Morgan fingerprint density at radius 1 is 1.38 bits per heavy atom. The van der Waals surface area contributed by atoms with Crippen molar-refractivity contribution in [2.24, 2.45) is 0 Å². The Bertz CT molecular complexity index is 818. The van der Waals surface area contributed by atoms with E-state index in [1.54, 1.807) is 11.1 Å². The molecule has 2 N–H and O–H groups in total. The summed E-state index contributed by atoms with van der Waals surface area (Å²) in [6.07, 6.45) is 4.78. The first-order valence-corrected chi connectivity index (χ1v) is 8.78. The minimum Gasteiger partial charge on any atom is -0.382 e. The molecule has 0 radical (unpaired) electrons. The molecule has 0 saturated carbocycles. The fourth-order valence-electron chi connectivity index (χ4n) is 3.92. The molecular formula is C16H18BrF2N5. The van der Waals surface area contributed by atoms with Crippen molar-refractivity contribution in [2.75, 3.05) is 12.3 Å². The lowest BCUT2D eigenvalue weighted by atomic mass is 9.84. The van der Waals surface area contributed by atoms with Gasteiger partial charge in [-0.05, 0) is 35.2 Å². The normalized spacial score (nSPS) is 26.6. The quantitative estimate of drug-likeness (QED) is 0.798. The van der Waals surface area contributed by atoms with E-state index in [0.717, 1.165) is 17.0 Å². The number of nitrogens with zero attached hydrogens (tertiary/aromatic N) is 4. The maximum absolute atomic E-state index is 14.2. The Morgan fingerprint density at radius 2 is 2.17 bits per heavy atom. The number of fused-ring (bicyclic) bond motifs is 2. The van der Waals surface area contributed by atoms with Crippen LogP contribution in [0.4, 0.5) is 14.6 Å². The van der Waals surface area contributed by atoms with Gasteiger partial charge in [-0.2, -0.15) is 0 Å². The number of aromatic nitrogens is 3. The number of allylic oxidation sites excluding steroid dienone is 1. The molecule has 4 heterocycles. The average molecular weight is 398 g/mol. The number of rotatable bonds is 1. The van der Waals surface area contributed by atoms with E-state index >= 15 is 0 Å². The van der Waals surface area contributed by atoms with Gasteiger partial charge in [0.15, 0.2) is 5.82 Å². The Morgan fingerprint density at radius 3 is 2.96 bits per heavy atom. The SMILES string of the molecule is C=C1CCC(F)(F)C2CCC(c3nc(Br)c4c(N)nccn34)CN12. The van der Waals surface area contributed by atoms with Gasteiger partial charge in [0.05, 0.1) is 6.04 Å². The first-order chi connectivity index (χ1) is 11.4. The summed E-state index contributed by atoms with van der Waals surface area (Å²) in [6.45, 7) is 4.51. The van der Waals surface area contributed by atoms with E-state index in [1.807, 2.05) is 10.6 Å². The lowest BCUT2D eigenvalue weighted by Crippen LogP contribution is -2.54. The Kier molecular flexibility index (Phi) is 3.56. The van der Waals surface area contributed by atoms with Crippen LogP contribution < -0.4 is 5.73 Å². The predicted octanol–water partition coefficient (Wildman–Crippen LogP) is 3.56. The average Bonchev–Trinajstić information content (AvgIpc) is 2.89. The van der Waals surface area contributed by atoms with Crippen molar-refractivity contribution in [1.29, 1.82) is 0 Å². The number of anilines is 1. The summed E-state index contributed by atoms with van der Waals surface area (Å²) in [5.74, 6) is -1.38. The molecule has 2 atom stereocenters. The van der Waals surface area contributed by atoms with Crippen LogP contribution in [0.25, 0.3) is 5.52 Å². The van der Waals surface area contributed by atoms with Crippen LogP contribution in [0.5, 0.6) is 0 Å². The number of hydrogen-bond donors (Lipinski definition) is 1. The van der Waals surface area contributed by atoms with Crippen LogP contribution in [0.2, 0.25) is 0 Å². The third-order valence-electron chi connectivity index (χ3n) is 5.16. The van der Waals surface area contributed by atoms with Gasteiger partial charge >= 0.3 is 0 Å². The first-order valence-electron chi connectivity index (χ1n) is 7.98. The zero-order valence-electron chi connectivity index (χ0n) is 13.1. The molecule has 2 aromatic heterocycles. The molecule has 2 saturated heterocycles. The van der Waals surface area contributed by atoms with Gasteiger partial charge in [-0.3, -0.25) is 4.40 Å². The maximum atomic E-state index is 14.2. The van der Waals surface area contributed by atoms with Crippen molar-refractivity contribution in [3.05, 3.63) is 35.1 Å². The molecule has 0 amide bonds. The fourth-order valence-corrected chi connectivity index (χ4v) is 4.50. The molecule has 0 aromatic carbocycles. The first kappa shape index (κ1) is 15.8. The molecule has 0 spiro atoms. The summed E-state index contributed by atoms with van der Waals surface area (Å²) in [6, 6.07) is -0.739. The fraction of sp³-hybridized carbons (Fsp3) is 0.500. The predicted molar refractivity (Wildman–Crippen MR) is 90.9 cm³/mol. The highest BCUT2D eigenvalue weighted by molar-refractivity contribution is 9.10. The van der Waals surface area contributed by atoms with Crippen molar-refractivity contribution in [3.8, 4) is 0 Å². The molecule has 2 fully saturated rings. The van der Waals surface area contributed by atoms with Gasteiger partial charge in [0.1, 0.15) is 15.9 Å². The second kappa shape index (κ2) is 5.40. The summed E-state index contributed by atoms with van der Waals surface area (Å²) in [5.41, 5.74) is 7.46. The van der Waals surface area contributed by atoms with Crippen molar-refractivity contribution in [2.45, 2.75) is 43.6 Å². The third-order valence-corrected chi connectivity index (χ3v) is 5.71. The number of halogens is 3. The highest BCUT2D eigenvalue weighted by Gasteiger charge is 2.49. The van der Waals surface area contributed by atoms with E-state index in [0.29, 0.717) is 36.2 Å². The number of piperidine rings is 2. The Balaban J connectivity index is 1.70. The van der Waals surface area contributed by atoms with Gasteiger partial charge in [-0.25, -0.2) is 18.7 Å². The summed E-state index contributed by atoms with van der Waals surface area (Å²) < 4.78 is 31.0. The molecule has 8 heteroatoms. The molecule has 4 rings (SSSR count). The lowest BCUT2D eigenvalue weighted by molar-refractivity contribution is -0.111. The molecule has 128 valence electrons. The van der Waals surface area contributed by atoms with Gasteiger partial charge in [-0.15, -0.1) is 0 Å². The van der Waals surface area contributed by atoms with Crippen molar-refractivity contribution in [1.82, 2.24) is 19.3 Å². The van der Waals surface area contributed by atoms with E-state index in [1.165, 1.54) is 0 Å². The zero-order valence-corrected chi connectivity index (χ0v) is 14.6. The van der Waals surface area contributed by atoms with Crippen LogP contribution in [0.15, 0.2) is 29.3 Å². The monoisotopic (exact) mass is 397 g/mol. The number of imidazole rings is 1. The van der Waals surface area contributed by atoms with Crippen LogP contribution >= 0.6 is 15.9 Å². The maximum Gasteiger partial charge on any atom is 0.268 e. The molecule has 5 nitrogen and oxygen atoms in total.